The van der Waals surface area contributed by atoms with Gasteiger partial charge in [-0.3, -0.25) is 9.59 Å². The van der Waals surface area contributed by atoms with Crippen molar-refractivity contribution in [1.29, 1.82) is 0 Å². The average molecular weight is 384 g/mol. The SMILES string of the molecule is CN1C(=O)CCc2cc(N3CCN(C(=O)c4ccccc4Cl)CC3)ccc21. The molecule has 0 atom stereocenters. The third-order valence-corrected chi connectivity index (χ3v) is 5.77. The summed E-state index contributed by atoms with van der Waals surface area (Å²) in [5.41, 5.74) is 3.93. The average Bonchev–Trinajstić information content (AvgIpc) is 2.70. The first-order chi connectivity index (χ1) is 13.0. The van der Waals surface area contributed by atoms with Crippen LogP contribution in [0, 0.1) is 0 Å². The molecule has 140 valence electrons. The quantitative estimate of drug-likeness (QED) is 0.799. The summed E-state index contributed by atoms with van der Waals surface area (Å²) in [6.45, 7) is 2.90. The second-order valence-corrected chi connectivity index (χ2v) is 7.43. The van der Waals surface area contributed by atoms with Crippen LogP contribution in [0.2, 0.25) is 5.02 Å². The van der Waals surface area contributed by atoms with Crippen molar-refractivity contribution in [1.82, 2.24) is 4.90 Å². The summed E-state index contributed by atoms with van der Waals surface area (Å²) in [6, 6.07) is 13.5. The van der Waals surface area contributed by atoms with Crippen molar-refractivity contribution in [2.45, 2.75) is 12.8 Å². The summed E-state index contributed by atoms with van der Waals surface area (Å²) >= 11 is 6.17. The summed E-state index contributed by atoms with van der Waals surface area (Å²) in [5, 5.41) is 0.498. The molecule has 5 nitrogen and oxygen atoms in total. The van der Waals surface area contributed by atoms with Gasteiger partial charge in [0.05, 0.1) is 10.6 Å². The monoisotopic (exact) mass is 383 g/mol. The van der Waals surface area contributed by atoms with Crippen molar-refractivity contribution < 1.29 is 9.59 Å². The molecule has 2 aromatic rings. The molecule has 0 bridgehead atoms. The Kier molecular flexibility index (Phi) is 4.79. The van der Waals surface area contributed by atoms with E-state index in [-0.39, 0.29) is 11.8 Å². The number of carbonyl (C=O) groups excluding carboxylic acids is 2. The van der Waals surface area contributed by atoms with Crippen molar-refractivity contribution in [3.05, 3.63) is 58.6 Å². The molecule has 0 unspecified atom stereocenters. The number of aryl methyl sites for hydroxylation is 1. The summed E-state index contributed by atoms with van der Waals surface area (Å²) in [6.07, 6.45) is 1.35. The number of hydrogen-bond acceptors (Lipinski definition) is 3. The molecular weight excluding hydrogens is 362 g/mol. The molecule has 6 heteroatoms. The molecule has 0 N–H and O–H groups in total. The topological polar surface area (TPSA) is 43.9 Å². The summed E-state index contributed by atoms with van der Waals surface area (Å²) < 4.78 is 0. The molecule has 1 saturated heterocycles. The molecule has 2 heterocycles. The third kappa shape index (κ3) is 3.39. The second kappa shape index (κ2) is 7.24. The van der Waals surface area contributed by atoms with Crippen LogP contribution in [0.25, 0.3) is 0 Å². The van der Waals surface area contributed by atoms with E-state index in [9.17, 15) is 9.59 Å². The lowest BCUT2D eigenvalue weighted by Gasteiger charge is -2.37. The highest BCUT2D eigenvalue weighted by Gasteiger charge is 2.25. The van der Waals surface area contributed by atoms with Crippen molar-refractivity contribution in [2.75, 3.05) is 43.0 Å². The van der Waals surface area contributed by atoms with E-state index in [2.05, 4.69) is 17.0 Å². The Hall–Kier alpha value is -2.53. The lowest BCUT2D eigenvalue weighted by molar-refractivity contribution is -0.118. The number of nitrogens with zero attached hydrogens (tertiary/aromatic N) is 3. The zero-order chi connectivity index (χ0) is 19.0. The van der Waals surface area contributed by atoms with E-state index in [0.29, 0.717) is 30.1 Å². The number of piperazine rings is 1. The van der Waals surface area contributed by atoms with Gasteiger partial charge in [0.15, 0.2) is 0 Å². The van der Waals surface area contributed by atoms with Gasteiger partial charge in [-0.25, -0.2) is 0 Å². The van der Waals surface area contributed by atoms with Crippen LogP contribution in [0.3, 0.4) is 0 Å². The van der Waals surface area contributed by atoms with Gasteiger partial charge in [-0.2, -0.15) is 0 Å². The Morgan fingerprint density at radius 2 is 1.74 bits per heavy atom. The van der Waals surface area contributed by atoms with Crippen molar-refractivity contribution in [2.24, 2.45) is 0 Å². The smallest absolute Gasteiger partial charge is 0.255 e. The van der Waals surface area contributed by atoms with Crippen LogP contribution in [0.15, 0.2) is 42.5 Å². The second-order valence-electron chi connectivity index (χ2n) is 7.02. The lowest BCUT2D eigenvalue weighted by atomic mass is 10.0. The number of rotatable bonds is 2. The number of anilines is 2. The van der Waals surface area contributed by atoms with Gasteiger partial charge in [-0.05, 0) is 42.3 Å². The largest absolute Gasteiger partial charge is 0.368 e. The lowest BCUT2D eigenvalue weighted by Crippen LogP contribution is -2.49. The summed E-state index contributed by atoms with van der Waals surface area (Å²) in [7, 11) is 1.83. The van der Waals surface area contributed by atoms with E-state index in [1.165, 1.54) is 5.56 Å². The number of fused-ring (bicyclic) bond motifs is 1. The molecule has 0 spiro atoms. The van der Waals surface area contributed by atoms with E-state index in [1.807, 2.05) is 30.1 Å². The molecule has 2 amide bonds. The fraction of sp³-hybridized carbons (Fsp3) is 0.333. The molecule has 0 saturated carbocycles. The molecule has 1 fully saturated rings. The minimum atomic E-state index is -0.00849. The number of benzene rings is 2. The van der Waals surface area contributed by atoms with Crippen LogP contribution < -0.4 is 9.80 Å². The Morgan fingerprint density at radius 3 is 2.48 bits per heavy atom. The molecular formula is C21H22ClN3O2. The molecule has 2 aliphatic rings. The Morgan fingerprint density at radius 1 is 1.00 bits per heavy atom. The van der Waals surface area contributed by atoms with Gasteiger partial charge in [0.25, 0.3) is 5.91 Å². The Bertz CT molecular complexity index is 891. The maximum absolute atomic E-state index is 12.7. The van der Waals surface area contributed by atoms with Gasteiger partial charge in [-0.15, -0.1) is 0 Å². The fourth-order valence-corrected chi connectivity index (χ4v) is 4.03. The summed E-state index contributed by atoms with van der Waals surface area (Å²) in [4.78, 5) is 30.5. The zero-order valence-electron chi connectivity index (χ0n) is 15.3. The molecule has 0 radical (unpaired) electrons. The predicted molar refractivity (Wildman–Crippen MR) is 108 cm³/mol. The number of hydrogen-bond donors (Lipinski definition) is 0. The van der Waals surface area contributed by atoms with Crippen molar-refractivity contribution >= 4 is 34.8 Å². The van der Waals surface area contributed by atoms with Crippen LogP contribution in [-0.2, 0) is 11.2 Å². The molecule has 0 aromatic heterocycles. The van der Waals surface area contributed by atoms with Gasteiger partial charge < -0.3 is 14.7 Å². The van der Waals surface area contributed by atoms with Gasteiger partial charge >= 0.3 is 0 Å². The van der Waals surface area contributed by atoms with Crippen LogP contribution in [0.4, 0.5) is 11.4 Å². The van der Waals surface area contributed by atoms with E-state index in [4.69, 9.17) is 11.6 Å². The van der Waals surface area contributed by atoms with Gasteiger partial charge in [-0.1, -0.05) is 23.7 Å². The first-order valence-corrected chi connectivity index (χ1v) is 9.60. The number of carbonyl (C=O) groups is 2. The molecule has 2 aromatic carbocycles. The maximum Gasteiger partial charge on any atom is 0.255 e. The van der Waals surface area contributed by atoms with E-state index >= 15 is 0 Å². The van der Waals surface area contributed by atoms with E-state index in [0.717, 1.165) is 30.9 Å². The third-order valence-electron chi connectivity index (χ3n) is 5.44. The summed E-state index contributed by atoms with van der Waals surface area (Å²) in [5.74, 6) is 0.160. The minimum Gasteiger partial charge on any atom is -0.368 e. The fourth-order valence-electron chi connectivity index (χ4n) is 3.81. The molecule has 27 heavy (non-hydrogen) atoms. The van der Waals surface area contributed by atoms with Crippen LogP contribution in [-0.4, -0.2) is 49.9 Å². The zero-order valence-corrected chi connectivity index (χ0v) is 16.1. The van der Waals surface area contributed by atoms with Gasteiger partial charge in [0.2, 0.25) is 5.91 Å². The minimum absolute atomic E-state index is 0.00849. The Labute approximate surface area is 164 Å². The van der Waals surface area contributed by atoms with Crippen LogP contribution in [0.5, 0.6) is 0 Å². The van der Waals surface area contributed by atoms with Gasteiger partial charge in [0, 0.05) is 51.0 Å². The Balaban J connectivity index is 1.45. The highest BCUT2D eigenvalue weighted by molar-refractivity contribution is 6.33. The van der Waals surface area contributed by atoms with Crippen molar-refractivity contribution in [3.63, 3.8) is 0 Å². The van der Waals surface area contributed by atoms with Crippen LogP contribution in [0.1, 0.15) is 22.3 Å². The van der Waals surface area contributed by atoms with Gasteiger partial charge in [0.1, 0.15) is 0 Å². The maximum atomic E-state index is 12.7. The first-order valence-electron chi connectivity index (χ1n) is 9.23. The number of halogens is 1. The van der Waals surface area contributed by atoms with Crippen LogP contribution >= 0.6 is 11.6 Å². The molecule has 4 rings (SSSR count). The predicted octanol–water partition coefficient (Wildman–Crippen LogP) is 3.21. The molecule has 0 aliphatic carbocycles. The highest BCUT2D eigenvalue weighted by Crippen LogP contribution is 2.31. The van der Waals surface area contributed by atoms with Crippen molar-refractivity contribution in [3.8, 4) is 0 Å². The highest BCUT2D eigenvalue weighted by atomic mass is 35.5. The normalized spacial score (nSPS) is 17.1. The standard InChI is InChI=1S/C21H22ClN3O2/c1-23-19-8-7-16(14-15(19)6-9-20(23)26)24-10-12-25(13-11-24)21(27)17-4-2-3-5-18(17)22/h2-5,7-8,14H,6,9-13H2,1H3. The first kappa shape index (κ1) is 17.9. The molecule has 2 aliphatic heterocycles. The number of amides is 2. The van der Waals surface area contributed by atoms with E-state index in [1.54, 1.807) is 17.0 Å². The van der Waals surface area contributed by atoms with E-state index < -0.39 is 0 Å².